The van der Waals surface area contributed by atoms with Crippen molar-refractivity contribution in [1.29, 1.82) is 0 Å². The summed E-state index contributed by atoms with van der Waals surface area (Å²) < 4.78 is 0. The fraction of sp³-hybridized carbons (Fsp3) is 0. The summed E-state index contributed by atoms with van der Waals surface area (Å²) in [5, 5.41) is 5.25. The van der Waals surface area contributed by atoms with Crippen molar-refractivity contribution in [2.24, 2.45) is 0 Å². The van der Waals surface area contributed by atoms with Crippen LogP contribution in [0.25, 0.3) is 43.6 Å². The van der Waals surface area contributed by atoms with Crippen LogP contribution in [0.5, 0.6) is 0 Å². The van der Waals surface area contributed by atoms with Crippen LogP contribution in [0.4, 0.5) is 0 Å². The molecule has 0 bridgehead atoms. The molecule has 0 amide bonds. The van der Waals surface area contributed by atoms with Crippen LogP contribution < -0.4 is 0 Å². The van der Waals surface area contributed by atoms with E-state index in [2.05, 4.69) is 115 Å². The van der Waals surface area contributed by atoms with E-state index in [1.807, 2.05) is 0 Å². The molecule has 0 N–H and O–H groups in total. The van der Waals surface area contributed by atoms with E-state index in [1.54, 1.807) is 0 Å². The van der Waals surface area contributed by atoms with E-state index in [0.717, 1.165) is 0 Å². The van der Waals surface area contributed by atoms with Gasteiger partial charge in [-0.25, -0.2) is 0 Å². The number of rotatable bonds is 3. The second-order valence-electron chi connectivity index (χ2n) is 6.92. The average Bonchev–Trinajstić information content (AvgIpc) is 2.79. The highest BCUT2D eigenvalue weighted by atomic mass is 31.0. The van der Waals surface area contributed by atoms with Crippen molar-refractivity contribution in [3.05, 3.63) is 115 Å². The third-order valence-electron chi connectivity index (χ3n) is 5.05. The van der Waals surface area contributed by atoms with E-state index in [-0.39, 0.29) is 0 Å². The van der Waals surface area contributed by atoms with Crippen LogP contribution in [-0.2, 0) is 0 Å². The first-order valence-electron chi connectivity index (χ1n) is 9.49. The van der Waals surface area contributed by atoms with Crippen molar-refractivity contribution in [2.45, 2.75) is 0 Å². The van der Waals surface area contributed by atoms with Gasteiger partial charge in [0.15, 0.2) is 0 Å². The molecule has 1 heteroatoms. The Hall–Kier alpha value is -3.21. The van der Waals surface area contributed by atoms with E-state index in [0.29, 0.717) is 0 Å². The number of hydrogen-bond donors (Lipinski definition) is 0. The lowest BCUT2D eigenvalue weighted by Crippen LogP contribution is -1.83. The van der Waals surface area contributed by atoms with Gasteiger partial charge in [0.1, 0.15) is 0 Å². The van der Waals surface area contributed by atoms with Crippen LogP contribution in [0.3, 0.4) is 0 Å². The van der Waals surface area contributed by atoms with Crippen LogP contribution in [0, 0.1) is 0 Å². The van der Waals surface area contributed by atoms with Gasteiger partial charge in [-0.15, -0.1) is 0 Å². The SMILES string of the molecule is c1ccc(-c2cc(-c3ccccc3)pc(-c3ccc4ccccc4c3)c2)cc1. The number of hydrogen-bond acceptors (Lipinski definition) is 0. The van der Waals surface area contributed by atoms with Crippen molar-refractivity contribution < 1.29 is 0 Å². The Morgan fingerprint density at radius 2 is 0.929 bits per heavy atom. The third-order valence-corrected chi connectivity index (χ3v) is 6.30. The molecule has 5 aromatic rings. The third kappa shape index (κ3) is 3.36. The van der Waals surface area contributed by atoms with Crippen molar-refractivity contribution in [1.82, 2.24) is 0 Å². The van der Waals surface area contributed by atoms with Gasteiger partial charge in [-0.2, -0.15) is 0 Å². The number of fused-ring (bicyclic) bond motifs is 1. The summed E-state index contributed by atoms with van der Waals surface area (Å²) in [6.45, 7) is 0. The van der Waals surface area contributed by atoms with Gasteiger partial charge in [0.05, 0.1) is 0 Å². The zero-order valence-electron chi connectivity index (χ0n) is 15.4. The first kappa shape index (κ1) is 16.9. The van der Waals surface area contributed by atoms with Crippen LogP contribution in [0.2, 0.25) is 0 Å². The molecule has 28 heavy (non-hydrogen) atoms. The lowest BCUT2D eigenvalue weighted by Gasteiger charge is -2.11. The molecule has 1 heterocycles. The molecular formula is C27H19P. The van der Waals surface area contributed by atoms with Gasteiger partial charge in [-0.05, 0) is 51.2 Å². The molecule has 0 unspecified atom stereocenters. The normalized spacial score (nSPS) is 11.1. The minimum atomic E-state index is 1.24. The van der Waals surface area contributed by atoms with Crippen molar-refractivity contribution in [3.8, 4) is 32.8 Å². The molecule has 0 saturated carbocycles. The monoisotopic (exact) mass is 374 g/mol. The maximum Gasteiger partial charge on any atom is 0.0103 e. The van der Waals surface area contributed by atoms with Gasteiger partial charge < -0.3 is 0 Å². The Kier molecular flexibility index (Phi) is 4.49. The average molecular weight is 374 g/mol. The summed E-state index contributed by atoms with van der Waals surface area (Å²) in [5.74, 6) is 0. The van der Waals surface area contributed by atoms with Gasteiger partial charge in [0, 0.05) is 10.6 Å². The quantitative estimate of drug-likeness (QED) is 0.297. The van der Waals surface area contributed by atoms with Crippen LogP contribution >= 0.6 is 8.19 Å². The Bertz CT molecular complexity index is 1180. The zero-order valence-corrected chi connectivity index (χ0v) is 16.3. The van der Waals surface area contributed by atoms with E-state index in [9.17, 15) is 0 Å². The molecule has 5 rings (SSSR count). The second kappa shape index (κ2) is 7.43. The highest BCUT2D eigenvalue weighted by Gasteiger charge is 2.08. The molecule has 0 aliphatic rings. The maximum atomic E-state index is 2.34. The number of benzene rings is 4. The molecule has 0 saturated heterocycles. The van der Waals surface area contributed by atoms with Gasteiger partial charge in [0.25, 0.3) is 0 Å². The van der Waals surface area contributed by atoms with Gasteiger partial charge >= 0.3 is 0 Å². The molecule has 4 aromatic carbocycles. The van der Waals surface area contributed by atoms with Gasteiger partial charge in [0.2, 0.25) is 0 Å². The van der Waals surface area contributed by atoms with Crippen LogP contribution in [0.1, 0.15) is 0 Å². The topological polar surface area (TPSA) is 0 Å². The second-order valence-corrected chi connectivity index (χ2v) is 8.11. The Morgan fingerprint density at radius 3 is 1.64 bits per heavy atom. The first-order chi connectivity index (χ1) is 13.9. The molecule has 0 atom stereocenters. The lowest BCUT2D eigenvalue weighted by atomic mass is 10.0. The van der Waals surface area contributed by atoms with Crippen molar-refractivity contribution in [3.63, 3.8) is 0 Å². The van der Waals surface area contributed by atoms with Crippen LogP contribution in [-0.4, -0.2) is 0 Å². The van der Waals surface area contributed by atoms with Crippen molar-refractivity contribution >= 4 is 19.0 Å². The first-order valence-corrected chi connectivity index (χ1v) is 10.4. The van der Waals surface area contributed by atoms with Crippen LogP contribution in [0.15, 0.2) is 115 Å². The molecule has 132 valence electrons. The summed E-state index contributed by atoms with van der Waals surface area (Å²) in [5.41, 5.74) is 5.09. The minimum Gasteiger partial charge on any atom is -0.0622 e. The molecule has 0 aliphatic heterocycles. The van der Waals surface area contributed by atoms with E-state index < -0.39 is 0 Å². The highest BCUT2D eigenvalue weighted by Crippen LogP contribution is 2.41. The summed E-state index contributed by atoms with van der Waals surface area (Å²) in [6, 6.07) is 41.4. The fourth-order valence-corrected chi connectivity index (χ4v) is 4.79. The molecular weight excluding hydrogens is 355 g/mol. The van der Waals surface area contributed by atoms with E-state index >= 15 is 0 Å². The maximum absolute atomic E-state index is 2.34. The predicted octanol–water partition coefficient (Wildman–Crippen LogP) is 8.42. The zero-order chi connectivity index (χ0) is 18.8. The standard InChI is InChI=1S/C27H19P/c1-3-9-20(10-4-1)25-18-26(22-12-5-2-6-13-22)28-27(19-25)24-16-15-21-11-7-8-14-23(21)17-24/h1-19H. The van der Waals surface area contributed by atoms with Crippen molar-refractivity contribution in [2.75, 3.05) is 0 Å². The fourth-order valence-electron chi connectivity index (χ4n) is 3.58. The minimum absolute atomic E-state index is 1.24. The largest absolute Gasteiger partial charge is 0.0622 e. The Labute approximate surface area is 167 Å². The van der Waals surface area contributed by atoms with E-state index in [1.165, 1.54) is 51.8 Å². The molecule has 0 nitrogen and oxygen atoms in total. The highest BCUT2D eigenvalue weighted by molar-refractivity contribution is 7.37. The van der Waals surface area contributed by atoms with Gasteiger partial charge in [-0.3, -0.25) is 0 Å². The smallest absolute Gasteiger partial charge is 0.0103 e. The Balaban J connectivity index is 1.72. The summed E-state index contributed by atoms with van der Waals surface area (Å²) in [6.07, 6.45) is 0. The van der Waals surface area contributed by atoms with E-state index in [4.69, 9.17) is 0 Å². The summed E-state index contributed by atoms with van der Waals surface area (Å²) in [4.78, 5) is 0. The molecule has 0 spiro atoms. The summed E-state index contributed by atoms with van der Waals surface area (Å²) >= 11 is 0. The van der Waals surface area contributed by atoms with Gasteiger partial charge in [-0.1, -0.05) is 105 Å². The lowest BCUT2D eigenvalue weighted by molar-refractivity contribution is 1.63. The molecule has 1 aromatic heterocycles. The predicted molar refractivity (Wildman–Crippen MR) is 123 cm³/mol. The summed E-state index contributed by atoms with van der Waals surface area (Å²) in [7, 11) is 1.24. The molecule has 0 radical (unpaired) electrons. The molecule has 0 aliphatic carbocycles. The molecule has 0 fully saturated rings. The Morgan fingerprint density at radius 1 is 0.357 bits per heavy atom.